The molecule has 210 valence electrons. The third-order valence-corrected chi connectivity index (χ3v) is 7.85. The lowest BCUT2D eigenvalue weighted by Gasteiger charge is -2.19. The van der Waals surface area contributed by atoms with Crippen molar-refractivity contribution in [1.82, 2.24) is 10.3 Å². The van der Waals surface area contributed by atoms with Crippen LogP contribution in [0.5, 0.6) is 0 Å². The van der Waals surface area contributed by atoms with Gasteiger partial charge in [-0.2, -0.15) is 23.5 Å². The number of benzene rings is 2. The third-order valence-electron chi connectivity index (χ3n) is 6.26. The van der Waals surface area contributed by atoms with Crippen molar-refractivity contribution in [2.45, 2.75) is 58.8 Å². The van der Waals surface area contributed by atoms with Crippen LogP contribution in [0.25, 0.3) is 11.1 Å². The number of hydrogen-bond acceptors (Lipinski definition) is 7. The number of carboxylic acid groups (broad SMARTS) is 1. The minimum atomic E-state index is -1.04. The Morgan fingerprint density at radius 2 is 1.95 bits per heavy atom. The number of rotatable bonds is 16. The summed E-state index contributed by atoms with van der Waals surface area (Å²) < 4.78 is 12.3. The summed E-state index contributed by atoms with van der Waals surface area (Å²) in [7, 11) is 0. The number of carbonyl (C=O) groups is 2. The van der Waals surface area contributed by atoms with Crippen molar-refractivity contribution in [3.8, 4) is 11.1 Å². The Kier molecular flexibility index (Phi) is 12.4. The average Bonchev–Trinajstić information content (AvgIpc) is 3.39. The van der Waals surface area contributed by atoms with Crippen molar-refractivity contribution in [1.29, 1.82) is 0 Å². The second kappa shape index (κ2) is 15.7. The van der Waals surface area contributed by atoms with Gasteiger partial charge in [-0.15, -0.1) is 0 Å². The van der Waals surface area contributed by atoms with Gasteiger partial charge in [0.1, 0.15) is 12.1 Å². The molecular formula is C30H38N2O5S2. The molecule has 2 unspecified atom stereocenters. The molecule has 0 bridgehead atoms. The molecule has 2 N–H and O–H groups in total. The normalized spacial score (nSPS) is 12.7. The molecule has 7 nitrogen and oxygen atoms in total. The van der Waals surface area contributed by atoms with Crippen LogP contribution in [0.1, 0.15) is 65.9 Å². The largest absolute Gasteiger partial charge is 0.480 e. The molecule has 0 aliphatic carbocycles. The van der Waals surface area contributed by atoms with Gasteiger partial charge >= 0.3 is 5.97 Å². The lowest BCUT2D eigenvalue weighted by Crippen LogP contribution is -2.41. The van der Waals surface area contributed by atoms with Crippen LogP contribution in [0.3, 0.4) is 0 Å². The number of amides is 1. The van der Waals surface area contributed by atoms with E-state index in [4.69, 9.17) is 9.15 Å². The number of carboxylic acids is 1. The molecule has 2 aromatic carbocycles. The molecule has 0 fully saturated rings. The van der Waals surface area contributed by atoms with Crippen LogP contribution >= 0.6 is 23.5 Å². The second-order valence-electron chi connectivity index (χ2n) is 9.21. The summed E-state index contributed by atoms with van der Waals surface area (Å²) in [5.74, 6) is 2.35. The quantitative estimate of drug-likeness (QED) is 0.200. The van der Waals surface area contributed by atoms with E-state index in [9.17, 15) is 14.7 Å². The lowest BCUT2D eigenvalue weighted by molar-refractivity contribution is -0.139. The number of ether oxygens (including phenoxy) is 1. The Morgan fingerprint density at radius 3 is 2.64 bits per heavy atom. The first-order valence-electron chi connectivity index (χ1n) is 13.2. The number of hydrogen-bond donors (Lipinski definition) is 2. The highest BCUT2D eigenvalue weighted by molar-refractivity contribution is 7.99. The van der Waals surface area contributed by atoms with E-state index in [0.717, 1.165) is 58.3 Å². The minimum Gasteiger partial charge on any atom is -0.480 e. The van der Waals surface area contributed by atoms with E-state index >= 15 is 0 Å². The smallest absolute Gasteiger partial charge is 0.326 e. The number of aliphatic carboxylic acids is 1. The molecule has 1 aromatic heterocycles. The van der Waals surface area contributed by atoms with Crippen molar-refractivity contribution in [3.63, 3.8) is 0 Å². The fraction of sp³-hybridized carbons (Fsp3) is 0.433. The van der Waals surface area contributed by atoms with Gasteiger partial charge in [0.15, 0.2) is 11.7 Å². The second-order valence-corrected chi connectivity index (χ2v) is 11.5. The zero-order chi connectivity index (χ0) is 28.2. The van der Waals surface area contributed by atoms with Gasteiger partial charge in [0.25, 0.3) is 5.91 Å². The maximum atomic E-state index is 13.3. The lowest BCUT2D eigenvalue weighted by atomic mass is 9.93. The fourth-order valence-corrected chi connectivity index (χ4v) is 5.32. The Bertz CT molecular complexity index is 1230. The highest BCUT2D eigenvalue weighted by atomic mass is 32.2. The standard InChI is InChI=1S/C30H38N2O5S2/c1-5-9-28-31-17-26(37-28)27(19-39-6-2)36-18-21-12-13-23(24(16-21)22-11-8-7-10-20(22)3)29(33)32-25(30(34)35)14-15-38-4/h7-8,10-13,16-17,25,27H,5-6,9,14-15,18-19H2,1-4H3,(H,32,33)(H,34,35). The van der Waals surface area contributed by atoms with E-state index in [1.165, 1.54) is 0 Å². The average molecular weight is 571 g/mol. The number of aryl methyl sites for hydroxylation is 2. The van der Waals surface area contributed by atoms with E-state index in [0.29, 0.717) is 24.3 Å². The highest BCUT2D eigenvalue weighted by Crippen LogP contribution is 2.30. The summed E-state index contributed by atoms with van der Waals surface area (Å²) in [4.78, 5) is 29.5. The van der Waals surface area contributed by atoms with Gasteiger partial charge in [-0.1, -0.05) is 44.2 Å². The molecule has 0 radical (unpaired) electrons. The van der Waals surface area contributed by atoms with Crippen LogP contribution < -0.4 is 5.32 Å². The summed E-state index contributed by atoms with van der Waals surface area (Å²) in [5.41, 5.74) is 4.01. The maximum Gasteiger partial charge on any atom is 0.326 e. The van der Waals surface area contributed by atoms with Crippen LogP contribution in [0.4, 0.5) is 0 Å². The summed E-state index contributed by atoms with van der Waals surface area (Å²) in [6, 6.07) is 12.5. The van der Waals surface area contributed by atoms with E-state index in [1.54, 1.807) is 35.8 Å². The van der Waals surface area contributed by atoms with Crippen LogP contribution in [0, 0.1) is 6.92 Å². The molecule has 1 amide bonds. The van der Waals surface area contributed by atoms with E-state index < -0.39 is 17.9 Å². The van der Waals surface area contributed by atoms with Gasteiger partial charge in [0, 0.05) is 17.7 Å². The van der Waals surface area contributed by atoms with Crippen LogP contribution in [-0.2, 0) is 22.6 Å². The van der Waals surface area contributed by atoms with Crippen molar-refractivity contribution < 1.29 is 23.8 Å². The molecular weight excluding hydrogens is 532 g/mol. The predicted octanol–water partition coefficient (Wildman–Crippen LogP) is 6.55. The first-order valence-corrected chi connectivity index (χ1v) is 15.8. The monoisotopic (exact) mass is 570 g/mol. The number of nitrogens with zero attached hydrogens (tertiary/aromatic N) is 1. The third kappa shape index (κ3) is 8.88. The van der Waals surface area contributed by atoms with Gasteiger partial charge in [0.05, 0.1) is 12.8 Å². The van der Waals surface area contributed by atoms with Crippen molar-refractivity contribution >= 4 is 35.4 Å². The van der Waals surface area contributed by atoms with Gasteiger partial charge in [-0.25, -0.2) is 9.78 Å². The van der Waals surface area contributed by atoms with Gasteiger partial charge < -0.3 is 19.6 Å². The number of oxazole rings is 1. The SMILES string of the molecule is CCCc1ncc(C(CSCC)OCc2ccc(C(=O)NC(CCSC)C(=O)O)c(-c3ccccc3C)c2)o1. The molecule has 2 atom stereocenters. The molecule has 1 heterocycles. The topological polar surface area (TPSA) is 102 Å². The number of aromatic nitrogens is 1. The molecule has 0 saturated heterocycles. The summed E-state index contributed by atoms with van der Waals surface area (Å²) >= 11 is 3.32. The predicted molar refractivity (Wildman–Crippen MR) is 160 cm³/mol. The Balaban J connectivity index is 1.88. The summed E-state index contributed by atoms with van der Waals surface area (Å²) in [6.45, 7) is 6.52. The number of carbonyl (C=O) groups excluding carboxylic acids is 1. The van der Waals surface area contributed by atoms with Gasteiger partial charge in [-0.3, -0.25) is 4.79 Å². The zero-order valence-corrected chi connectivity index (χ0v) is 24.7. The molecule has 0 aliphatic heterocycles. The molecule has 0 spiro atoms. The van der Waals surface area contributed by atoms with Crippen molar-refractivity contribution in [3.05, 3.63) is 77.0 Å². The first-order chi connectivity index (χ1) is 18.9. The molecule has 39 heavy (non-hydrogen) atoms. The Hall–Kier alpha value is -2.75. The number of nitrogens with one attached hydrogen (secondary N) is 1. The molecule has 9 heteroatoms. The van der Waals surface area contributed by atoms with E-state index in [2.05, 4.69) is 24.1 Å². The Labute approximate surface area is 239 Å². The highest BCUT2D eigenvalue weighted by Gasteiger charge is 2.23. The molecule has 3 rings (SSSR count). The fourth-order valence-electron chi connectivity index (χ4n) is 4.14. The maximum absolute atomic E-state index is 13.3. The van der Waals surface area contributed by atoms with Crippen molar-refractivity contribution in [2.24, 2.45) is 0 Å². The van der Waals surface area contributed by atoms with Crippen molar-refractivity contribution in [2.75, 3.05) is 23.5 Å². The van der Waals surface area contributed by atoms with E-state index in [1.807, 2.05) is 49.6 Å². The zero-order valence-electron chi connectivity index (χ0n) is 23.1. The number of thioether (sulfide) groups is 2. The van der Waals surface area contributed by atoms with Gasteiger partial charge in [-0.05, 0) is 71.9 Å². The summed E-state index contributed by atoms with van der Waals surface area (Å²) in [5, 5.41) is 12.3. The van der Waals surface area contributed by atoms with Crippen LogP contribution in [0.15, 0.2) is 53.1 Å². The van der Waals surface area contributed by atoms with Crippen LogP contribution in [-0.4, -0.2) is 51.5 Å². The molecule has 3 aromatic rings. The summed E-state index contributed by atoms with van der Waals surface area (Å²) in [6.07, 6.45) is 5.53. The van der Waals surface area contributed by atoms with Gasteiger partial charge in [0.2, 0.25) is 0 Å². The molecule has 0 aliphatic rings. The Morgan fingerprint density at radius 1 is 1.15 bits per heavy atom. The molecule has 0 saturated carbocycles. The van der Waals surface area contributed by atoms with E-state index in [-0.39, 0.29) is 6.10 Å². The minimum absolute atomic E-state index is 0.245. The first kappa shape index (κ1) is 30.8. The van der Waals surface area contributed by atoms with Crippen LogP contribution in [0.2, 0.25) is 0 Å².